The Hall–Kier alpha value is -1.06. The van der Waals surface area contributed by atoms with Crippen molar-refractivity contribution in [2.45, 2.75) is 213 Å². The van der Waals surface area contributed by atoms with E-state index in [1.54, 1.807) is 0 Å². The minimum Gasteiger partial charge on any atom is -0.481 e. The van der Waals surface area contributed by atoms with Gasteiger partial charge in [0.2, 0.25) is 0 Å². The maximum absolute atomic E-state index is 12.2. The Morgan fingerprint density at radius 1 is 0.487 bits per heavy atom. The van der Waals surface area contributed by atoms with Crippen LogP contribution in [0, 0.1) is 0 Å². The van der Waals surface area contributed by atoms with Gasteiger partial charge in [-0.3, -0.25) is 9.59 Å². The first-order chi connectivity index (χ1) is 19.1. The molecule has 1 N–H and O–H groups in total. The van der Waals surface area contributed by atoms with E-state index < -0.39 is 5.97 Å². The number of aliphatic carboxylic acids is 1. The number of rotatable bonds is 32. The van der Waals surface area contributed by atoms with Crippen LogP contribution in [0.5, 0.6) is 0 Å². The minimum atomic E-state index is -0.679. The molecule has 0 aliphatic rings. The van der Waals surface area contributed by atoms with E-state index >= 15 is 0 Å². The van der Waals surface area contributed by atoms with Crippen LogP contribution in [0.2, 0.25) is 0 Å². The fourth-order valence-electron chi connectivity index (χ4n) is 5.47. The smallest absolute Gasteiger partial charge is 0.306 e. The molecular weight excluding hydrogens is 484 g/mol. The Kier molecular flexibility index (Phi) is 30.6. The zero-order chi connectivity index (χ0) is 28.7. The highest BCUT2D eigenvalue weighted by molar-refractivity contribution is 5.69. The second kappa shape index (κ2) is 31.5. The van der Waals surface area contributed by atoms with Crippen molar-refractivity contribution < 1.29 is 19.4 Å². The molecule has 0 saturated heterocycles. The molecule has 0 amide bonds. The molecule has 0 fully saturated rings. The molecule has 0 aromatic rings. The number of ether oxygens (including phenoxy) is 1. The summed E-state index contributed by atoms with van der Waals surface area (Å²) in [5, 5.41) is 8.65. The molecule has 0 saturated carbocycles. The molecule has 39 heavy (non-hydrogen) atoms. The predicted octanol–water partition coefficient (Wildman–Crippen LogP) is 11.7. The molecule has 0 radical (unpaired) electrons. The topological polar surface area (TPSA) is 63.6 Å². The van der Waals surface area contributed by atoms with Crippen molar-refractivity contribution in [3.8, 4) is 0 Å². The van der Waals surface area contributed by atoms with Gasteiger partial charge in [-0.05, 0) is 32.1 Å². The number of carboxylic acids is 1. The highest BCUT2D eigenvalue weighted by Gasteiger charge is 2.12. The van der Waals surface area contributed by atoms with E-state index in [2.05, 4.69) is 13.8 Å². The fraction of sp³-hybridized carbons (Fsp3) is 0.943. The standard InChI is InChI=1S/C35H68O4/c1-3-5-6-7-8-9-10-11-12-13-14-15-16-20-23-26-29-32-35(38)39-33(4-2)30-27-24-21-18-17-19-22-25-28-31-34(36)37/h33H,3-32H2,1-2H3,(H,36,37). The van der Waals surface area contributed by atoms with Gasteiger partial charge < -0.3 is 9.84 Å². The summed E-state index contributed by atoms with van der Waals surface area (Å²) in [6.07, 6.45) is 36.3. The zero-order valence-electron chi connectivity index (χ0n) is 26.5. The molecule has 1 unspecified atom stereocenters. The average molecular weight is 553 g/mol. The predicted molar refractivity (Wildman–Crippen MR) is 167 cm³/mol. The Morgan fingerprint density at radius 2 is 0.821 bits per heavy atom. The highest BCUT2D eigenvalue weighted by atomic mass is 16.5. The van der Waals surface area contributed by atoms with E-state index in [1.165, 1.54) is 128 Å². The van der Waals surface area contributed by atoms with Crippen LogP contribution < -0.4 is 0 Å². The van der Waals surface area contributed by atoms with Crippen LogP contribution in [0.25, 0.3) is 0 Å². The number of unbranched alkanes of at least 4 members (excludes halogenated alkanes) is 24. The van der Waals surface area contributed by atoms with E-state index in [9.17, 15) is 9.59 Å². The maximum atomic E-state index is 12.2. The molecule has 0 aliphatic heterocycles. The van der Waals surface area contributed by atoms with Crippen LogP contribution in [0.15, 0.2) is 0 Å². The van der Waals surface area contributed by atoms with Crippen molar-refractivity contribution in [2.75, 3.05) is 0 Å². The molecule has 0 heterocycles. The molecule has 4 nitrogen and oxygen atoms in total. The highest BCUT2D eigenvalue weighted by Crippen LogP contribution is 2.17. The second-order valence-electron chi connectivity index (χ2n) is 12.0. The first-order valence-electron chi connectivity index (χ1n) is 17.5. The maximum Gasteiger partial charge on any atom is 0.306 e. The van der Waals surface area contributed by atoms with Crippen LogP contribution >= 0.6 is 0 Å². The molecule has 0 aromatic heterocycles. The third-order valence-electron chi connectivity index (χ3n) is 8.15. The lowest BCUT2D eigenvalue weighted by Crippen LogP contribution is -2.17. The lowest BCUT2D eigenvalue weighted by Gasteiger charge is -2.16. The number of carbonyl (C=O) groups excluding carboxylic acids is 1. The van der Waals surface area contributed by atoms with E-state index in [4.69, 9.17) is 9.84 Å². The summed E-state index contributed by atoms with van der Waals surface area (Å²) in [6, 6.07) is 0. The van der Waals surface area contributed by atoms with Gasteiger partial charge in [0.05, 0.1) is 0 Å². The third-order valence-corrected chi connectivity index (χ3v) is 8.15. The number of carbonyl (C=O) groups is 2. The molecule has 232 valence electrons. The molecule has 0 bridgehead atoms. The minimum absolute atomic E-state index is 0.00528. The van der Waals surface area contributed by atoms with Crippen molar-refractivity contribution in [2.24, 2.45) is 0 Å². The first kappa shape index (κ1) is 37.9. The first-order valence-corrected chi connectivity index (χ1v) is 17.5. The van der Waals surface area contributed by atoms with Gasteiger partial charge >= 0.3 is 11.9 Å². The van der Waals surface area contributed by atoms with Gasteiger partial charge in [-0.2, -0.15) is 0 Å². The molecule has 4 heteroatoms. The van der Waals surface area contributed by atoms with Crippen molar-refractivity contribution in [1.82, 2.24) is 0 Å². The molecule has 0 rings (SSSR count). The summed E-state index contributed by atoms with van der Waals surface area (Å²) in [7, 11) is 0. The Morgan fingerprint density at radius 3 is 1.18 bits per heavy atom. The summed E-state index contributed by atoms with van der Waals surface area (Å²) in [5.41, 5.74) is 0. The summed E-state index contributed by atoms with van der Waals surface area (Å²) < 4.78 is 5.75. The van der Waals surface area contributed by atoms with Crippen molar-refractivity contribution in [1.29, 1.82) is 0 Å². The molecule has 0 aliphatic carbocycles. The van der Waals surface area contributed by atoms with Gasteiger partial charge in [0.25, 0.3) is 0 Å². The van der Waals surface area contributed by atoms with E-state index in [0.717, 1.165) is 51.4 Å². The van der Waals surface area contributed by atoms with Gasteiger partial charge in [-0.1, -0.05) is 162 Å². The van der Waals surface area contributed by atoms with Gasteiger partial charge in [-0.25, -0.2) is 0 Å². The largest absolute Gasteiger partial charge is 0.481 e. The van der Waals surface area contributed by atoms with Crippen molar-refractivity contribution in [3.63, 3.8) is 0 Å². The lowest BCUT2D eigenvalue weighted by molar-refractivity contribution is -0.149. The van der Waals surface area contributed by atoms with E-state index in [1.807, 2.05) is 0 Å². The summed E-state index contributed by atoms with van der Waals surface area (Å²) >= 11 is 0. The molecule has 1 atom stereocenters. The summed E-state index contributed by atoms with van der Waals surface area (Å²) in [4.78, 5) is 22.7. The van der Waals surface area contributed by atoms with Crippen LogP contribution in [0.1, 0.15) is 206 Å². The zero-order valence-corrected chi connectivity index (χ0v) is 26.5. The van der Waals surface area contributed by atoms with E-state index in [0.29, 0.717) is 12.8 Å². The van der Waals surface area contributed by atoms with Crippen molar-refractivity contribution in [3.05, 3.63) is 0 Å². The Balaban J connectivity index is 3.39. The number of hydrogen-bond acceptors (Lipinski definition) is 3. The lowest BCUT2D eigenvalue weighted by atomic mass is 10.0. The van der Waals surface area contributed by atoms with Gasteiger partial charge in [0.1, 0.15) is 6.10 Å². The Labute approximate surface area is 243 Å². The Bertz CT molecular complexity index is 519. The second-order valence-corrected chi connectivity index (χ2v) is 12.0. The van der Waals surface area contributed by atoms with Crippen LogP contribution in [-0.2, 0) is 14.3 Å². The quantitative estimate of drug-likeness (QED) is 0.0665. The molecular formula is C35H68O4. The number of hydrogen-bond donors (Lipinski definition) is 1. The average Bonchev–Trinajstić information content (AvgIpc) is 2.92. The third kappa shape index (κ3) is 31.3. The monoisotopic (exact) mass is 553 g/mol. The van der Waals surface area contributed by atoms with Crippen molar-refractivity contribution >= 4 is 11.9 Å². The van der Waals surface area contributed by atoms with Crippen LogP contribution in [-0.4, -0.2) is 23.1 Å². The van der Waals surface area contributed by atoms with Crippen LogP contribution in [0.4, 0.5) is 0 Å². The summed E-state index contributed by atoms with van der Waals surface area (Å²) in [5.74, 6) is -0.674. The molecule has 0 spiro atoms. The number of carboxylic acid groups (broad SMARTS) is 1. The SMILES string of the molecule is CCCCCCCCCCCCCCCCCCCC(=O)OC(CC)CCCCCCCCCCCC(=O)O. The summed E-state index contributed by atoms with van der Waals surface area (Å²) in [6.45, 7) is 4.41. The number of esters is 1. The van der Waals surface area contributed by atoms with Gasteiger partial charge in [-0.15, -0.1) is 0 Å². The normalized spacial score (nSPS) is 12.1. The van der Waals surface area contributed by atoms with Gasteiger partial charge in [0, 0.05) is 12.8 Å². The van der Waals surface area contributed by atoms with Crippen LogP contribution in [0.3, 0.4) is 0 Å². The van der Waals surface area contributed by atoms with Gasteiger partial charge in [0.15, 0.2) is 0 Å². The van der Waals surface area contributed by atoms with E-state index in [-0.39, 0.29) is 12.1 Å². The fourth-order valence-corrected chi connectivity index (χ4v) is 5.47. The molecule has 0 aromatic carbocycles.